The van der Waals surface area contributed by atoms with Gasteiger partial charge < -0.3 is 5.11 Å². The van der Waals surface area contributed by atoms with Gasteiger partial charge in [0.2, 0.25) is 0 Å². The van der Waals surface area contributed by atoms with Crippen LogP contribution >= 0.6 is 23.1 Å². The van der Waals surface area contributed by atoms with Gasteiger partial charge in [0.15, 0.2) is 0 Å². The van der Waals surface area contributed by atoms with Gasteiger partial charge >= 0.3 is 0 Å². The van der Waals surface area contributed by atoms with Crippen LogP contribution in [0, 0.1) is 11.6 Å². The Morgan fingerprint density at radius 3 is 2.90 bits per heavy atom. The predicted octanol–water partition coefficient (Wildman–Crippen LogP) is 4.09. The second kappa shape index (κ2) is 5.84. The standard InChI is InChI=1S/C15H14F2OS2/c16-11-1-2-12(17)9(5-11)6-13(18)15-7-10-8-19-4-3-14(10)20-15/h1-2,5,7,13,18H,3-4,6,8H2. The van der Waals surface area contributed by atoms with Gasteiger partial charge in [0.1, 0.15) is 11.6 Å². The summed E-state index contributed by atoms with van der Waals surface area (Å²) in [5.41, 5.74) is 1.50. The van der Waals surface area contributed by atoms with Crippen LogP contribution in [-0.4, -0.2) is 10.9 Å². The van der Waals surface area contributed by atoms with Crippen molar-refractivity contribution in [2.24, 2.45) is 0 Å². The van der Waals surface area contributed by atoms with Crippen molar-refractivity contribution >= 4 is 23.1 Å². The molecule has 1 aliphatic rings. The van der Waals surface area contributed by atoms with Crippen molar-refractivity contribution in [2.45, 2.75) is 24.7 Å². The van der Waals surface area contributed by atoms with E-state index in [2.05, 4.69) is 0 Å². The molecule has 0 aliphatic carbocycles. The molecular weight excluding hydrogens is 298 g/mol. The highest BCUT2D eigenvalue weighted by molar-refractivity contribution is 7.98. The van der Waals surface area contributed by atoms with Crippen LogP contribution in [0.25, 0.3) is 0 Å². The Balaban J connectivity index is 1.80. The molecule has 0 bridgehead atoms. The summed E-state index contributed by atoms with van der Waals surface area (Å²) in [6.07, 6.45) is 0.369. The molecule has 1 nitrogen and oxygen atoms in total. The molecule has 3 rings (SSSR count). The lowest BCUT2D eigenvalue weighted by Gasteiger charge is -2.09. The summed E-state index contributed by atoms with van der Waals surface area (Å²) in [7, 11) is 0. The first-order chi connectivity index (χ1) is 9.63. The van der Waals surface area contributed by atoms with Crippen LogP contribution in [0.4, 0.5) is 8.78 Å². The van der Waals surface area contributed by atoms with Crippen molar-refractivity contribution in [2.75, 3.05) is 5.75 Å². The van der Waals surface area contributed by atoms with Crippen LogP contribution in [0.1, 0.15) is 27.0 Å². The fourth-order valence-electron chi connectivity index (χ4n) is 2.34. The molecule has 1 aromatic heterocycles. The number of halogens is 2. The molecule has 1 atom stereocenters. The van der Waals surface area contributed by atoms with E-state index in [1.165, 1.54) is 10.4 Å². The third-order valence-electron chi connectivity index (χ3n) is 3.40. The second-order valence-corrected chi connectivity index (χ2v) is 7.13. The Morgan fingerprint density at radius 2 is 2.10 bits per heavy atom. The Morgan fingerprint density at radius 1 is 1.25 bits per heavy atom. The Labute approximate surface area is 124 Å². The van der Waals surface area contributed by atoms with E-state index in [1.807, 2.05) is 17.8 Å². The Kier molecular flexibility index (Phi) is 4.10. The van der Waals surface area contributed by atoms with E-state index in [9.17, 15) is 13.9 Å². The average Bonchev–Trinajstić information content (AvgIpc) is 2.87. The van der Waals surface area contributed by atoms with Crippen molar-refractivity contribution in [3.63, 3.8) is 0 Å². The zero-order valence-corrected chi connectivity index (χ0v) is 12.4. The number of rotatable bonds is 3. The molecule has 2 heterocycles. The smallest absolute Gasteiger partial charge is 0.126 e. The molecule has 0 radical (unpaired) electrons. The Bertz CT molecular complexity index is 601. The zero-order chi connectivity index (χ0) is 14.1. The molecule has 20 heavy (non-hydrogen) atoms. The summed E-state index contributed by atoms with van der Waals surface area (Å²) in [6, 6.07) is 5.36. The van der Waals surface area contributed by atoms with Gasteiger partial charge in [-0.2, -0.15) is 11.8 Å². The van der Waals surface area contributed by atoms with E-state index in [0.717, 1.165) is 41.0 Å². The van der Waals surface area contributed by atoms with Crippen LogP contribution in [0.3, 0.4) is 0 Å². The number of thiophene rings is 1. The number of aryl methyl sites for hydroxylation is 1. The minimum Gasteiger partial charge on any atom is -0.387 e. The summed E-state index contributed by atoms with van der Waals surface area (Å²) in [5.74, 6) is 1.15. The predicted molar refractivity (Wildman–Crippen MR) is 79.2 cm³/mol. The van der Waals surface area contributed by atoms with E-state index in [1.54, 1.807) is 11.3 Å². The van der Waals surface area contributed by atoms with Crippen molar-refractivity contribution in [1.29, 1.82) is 0 Å². The van der Waals surface area contributed by atoms with Crippen LogP contribution in [0.5, 0.6) is 0 Å². The third-order valence-corrected chi connectivity index (χ3v) is 5.74. The highest BCUT2D eigenvalue weighted by Gasteiger charge is 2.19. The van der Waals surface area contributed by atoms with Gasteiger partial charge in [0, 0.05) is 21.9 Å². The second-order valence-electron chi connectivity index (χ2n) is 4.86. The van der Waals surface area contributed by atoms with Crippen LogP contribution < -0.4 is 0 Å². The lowest BCUT2D eigenvalue weighted by Crippen LogP contribution is -2.02. The number of aliphatic hydroxyl groups is 1. The third kappa shape index (κ3) is 2.90. The first-order valence-corrected chi connectivity index (χ1v) is 8.42. The summed E-state index contributed by atoms with van der Waals surface area (Å²) < 4.78 is 26.7. The summed E-state index contributed by atoms with van der Waals surface area (Å²) >= 11 is 3.48. The topological polar surface area (TPSA) is 20.2 Å². The maximum absolute atomic E-state index is 13.6. The molecule has 0 amide bonds. The molecule has 1 N–H and O–H groups in total. The number of thioether (sulfide) groups is 1. The highest BCUT2D eigenvalue weighted by atomic mass is 32.2. The molecule has 5 heteroatoms. The lowest BCUT2D eigenvalue weighted by atomic mass is 10.1. The maximum atomic E-state index is 13.6. The van der Waals surface area contributed by atoms with E-state index in [4.69, 9.17) is 0 Å². The quantitative estimate of drug-likeness (QED) is 0.921. The van der Waals surface area contributed by atoms with Crippen molar-refractivity contribution in [1.82, 2.24) is 0 Å². The van der Waals surface area contributed by atoms with E-state index < -0.39 is 17.7 Å². The van der Waals surface area contributed by atoms with Crippen LogP contribution in [-0.2, 0) is 18.6 Å². The minimum atomic E-state index is -0.771. The number of benzene rings is 1. The van der Waals surface area contributed by atoms with Crippen molar-refractivity contribution < 1.29 is 13.9 Å². The van der Waals surface area contributed by atoms with Crippen LogP contribution in [0.15, 0.2) is 24.3 Å². The van der Waals surface area contributed by atoms with Crippen LogP contribution in [0.2, 0.25) is 0 Å². The molecule has 0 fully saturated rings. The molecule has 0 saturated heterocycles. The van der Waals surface area contributed by atoms with Gasteiger partial charge in [-0.15, -0.1) is 11.3 Å². The zero-order valence-electron chi connectivity index (χ0n) is 10.7. The fourth-order valence-corrected chi connectivity index (χ4v) is 4.71. The van der Waals surface area contributed by atoms with Gasteiger partial charge in [0.05, 0.1) is 6.10 Å². The summed E-state index contributed by atoms with van der Waals surface area (Å²) in [6.45, 7) is 0. The maximum Gasteiger partial charge on any atom is 0.126 e. The van der Waals surface area contributed by atoms with E-state index >= 15 is 0 Å². The summed E-state index contributed by atoms with van der Waals surface area (Å²) in [5, 5.41) is 10.3. The molecule has 0 spiro atoms. The van der Waals surface area contributed by atoms with Crippen molar-refractivity contribution in [3.05, 3.63) is 56.8 Å². The summed E-state index contributed by atoms with van der Waals surface area (Å²) in [4.78, 5) is 2.17. The largest absolute Gasteiger partial charge is 0.387 e. The molecule has 0 saturated carbocycles. The fraction of sp³-hybridized carbons (Fsp3) is 0.333. The normalized spacial score (nSPS) is 15.9. The Hall–Kier alpha value is -0.910. The van der Waals surface area contributed by atoms with Gasteiger partial charge in [-0.05, 0) is 47.6 Å². The molecule has 2 aromatic rings. The molecule has 1 aliphatic heterocycles. The average molecular weight is 312 g/mol. The molecule has 1 aromatic carbocycles. The van der Waals surface area contributed by atoms with E-state index in [0.29, 0.717) is 0 Å². The number of hydrogen-bond acceptors (Lipinski definition) is 3. The molecule has 1 unspecified atom stereocenters. The minimum absolute atomic E-state index is 0.107. The van der Waals surface area contributed by atoms with Gasteiger partial charge in [-0.3, -0.25) is 0 Å². The monoisotopic (exact) mass is 312 g/mol. The molecule has 106 valence electrons. The first-order valence-electron chi connectivity index (χ1n) is 6.44. The van der Waals surface area contributed by atoms with Gasteiger partial charge in [-0.1, -0.05) is 0 Å². The van der Waals surface area contributed by atoms with Gasteiger partial charge in [0.25, 0.3) is 0 Å². The molecular formula is C15H14F2OS2. The SMILES string of the molecule is OC(Cc1cc(F)ccc1F)c1cc2c(s1)CCSC2. The number of hydrogen-bond donors (Lipinski definition) is 1. The lowest BCUT2D eigenvalue weighted by molar-refractivity contribution is 0.181. The van der Waals surface area contributed by atoms with Gasteiger partial charge in [-0.25, -0.2) is 8.78 Å². The first kappa shape index (κ1) is 14.0. The number of aliphatic hydroxyl groups excluding tert-OH is 1. The number of fused-ring (bicyclic) bond motifs is 1. The van der Waals surface area contributed by atoms with Crippen molar-refractivity contribution in [3.8, 4) is 0 Å². The van der Waals surface area contributed by atoms with E-state index in [-0.39, 0.29) is 12.0 Å². The highest BCUT2D eigenvalue weighted by Crippen LogP contribution is 2.35.